The number of halogens is 2. The maximum atomic E-state index is 7.45. The summed E-state index contributed by atoms with van der Waals surface area (Å²) in [6, 6.07) is 9.18. The first-order valence-electron chi connectivity index (χ1n) is 5.93. The van der Waals surface area contributed by atoms with Crippen LogP contribution in [0, 0.1) is 5.41 Å². The maximum absolute atomic E-state index is 7.45. The molecular formula is C14H14Cl2N4. The van der Waals surface area contributed by atoms with Crippen molar-refractivity contribution in [3.8, 4) is 0 Å². The average molecular weight is 309 g/mol. The predicted molar refractivity (Wildman–Crippen MR) is 83.8 cm³/mol. The van der Waals surface area contributed by atoms with Crippen LogP contribution in [0.4, 0.5) is 5.82 Å². The van der Waals surface area contributed by atoms with Gasteiger partial charge >= 0.3 is 0 Å². The molecule has 0 aliphatic heterocycles. The van der Waals surface area contributed by atoms with E-state index in [-0.39, 0.29) is 5.84 Å². The van der Waals surface area contributed by atoms with Crippen LogP contribution in [0.2, 0.25) is 10.0 Å². The van der Waals surface area contributed by atoms with E-state index < -0.39 is 0 Å². The third-order valence-corrected chi connectivity index (χ3v) is 3.29. The molecule has 0 unspecified atom stereocenters. The number of amidine groups is 1. The molecule has 4 nitrogen and oxygen atoms in total. The first-order chi connectivity index (χ1) is 9.47. The Bertz CT molecular complexity index is 643. The van der Waals surface area contributed by atoms with Gasteiger partial charge in [-0.2, -0.15) is 0 Å². The Balaban J connectivity index is 2.21. The number of benzene rings is 1. The first kappa shape index (κ1) is 14.6. The van der Waals surface area contributed by atoms with Gasteiger partial charge in [-0.05, 0) is 17.7 Å². The highest BCUT2D eigenvalue weighted by Gasteiger charge is 2.09. The standard InChI is InChI=1S/C14H14Cl2N4/c1-20(14-12(16)6-11(15)7-19-14)8-9-3-2-4-10(5-9)13(17)18/h2-7H,8H2,1H3,(H3,17,18). The van der Waals surface area contributed by atoms with Crippen LogP contribution in [0.1, 0.15) is 11.1 Å². The largest absolute Gasteiger partial charge is 0.384 e. The van der Waals surface area contributed by atoms with Crippen molar-refractivity contribution in [3.05, 3.63) is 57.7 Å². The van der Waals surface area contributed by atoms with Crippen molar-refractivity contribution in [1.82, 2.24) is 4.98 Å². The van der Waals surface area contributed by atoms with Crippen LogP contribution in [0.3, 0.4) is 0 Å². The van der Waals surface area contributed by atoms with Gasteiger partial charge in [0.15, 0.2) is 0 Å². The zero-order valence-corrected chi connectivity index (χ0v) is 12.4. The Labute approximate surface area is 127 Å². The smallest absolute Gasteiger partial charge is 0.147 e. The summed E-state index contributed by atoms with van der Waals surface area (Å²) < 4.78 is 0. The summed E-state index contributed by atoms with van der Waals surface area (Å²) in [6.45, 7) is 0.607. The summed E-state index contributed by atoms with van der Waals surface area (Å²) in [5.74, 6) is 0.710. The van der Waals surface area contributed by atoms with Gasteiger partial charge < -0.3 is 10.6 Å². The van der Waals surface area contributed by atoms with Crippen molar-refractivity contribution in [3.63, 3.8) is 0 Å². The predicted octanol–water partition coefficient (Wildman–Crippen LogP) is 3.31. The quantitative estimate of drug-likeness (QED) is 0.672. The molecule has 6 heteroatoms. The highest BCUT2D eigenvalue weighted by molar-refractivity contribution is 6.35. The molecule has 0 saturated heterocycles. The molecule has 3 N–H and O–H groups in total. The van der Waals surface area contributed by atoms with E-state index >= 15 is 0 Å². The van der Waals surface area contributed by atoms with Gasteiger partial charge in [0.1, 0.15) is 11.7 Å². The van der Waals surface area contributed by atoms with Crippen LogP contribution in [-0.4, -0.2) is 17.9 Å². The summed E-state index contributed by atoms with van der Waals surface area (Å²) >= 11 is 12.0. The fourth-order valence-corrected chi connectivity index (χ4v) is 2.40. The second kappa shape index (κ2) is 6.11. The lowest BCUT2D eigenvalue weighted by molar-refractivity contribution is 0.898. The van der Waals surface area contributed by atoms with E-state index in [2.05, 4.69) is 4.98 Å². The van der Waals surface area contributed by atoms with Crippen molar-refractivity contribution in [1.29, 1.82) is 5.41 Å². The first-order valence-corrected chi connectivity index (χ1v) is 6.68. The Morgan fingerprint density at radius 3 is 2.75 bits per heavy atom. The molecule has 1 aromatic carbocycles. The summed E-state index contributed by atoms with van der Waals surface area (Å²) in [5, 5.41) is 8.46. The highest BCUT2D eigenvalue weighted by Crippen LogP contribution is 2.26. The summed E-state index contributed by atoms with van der Waals surface area (Å²) in [6.07, 6.45) is 1.56. The molecule has 0 atom stereocenters. The molecule has 0 aliphatic carbocycles. The molecule has 0 saturated carbocycles. The van der Waals surface area contributed by atoms with Crippen molar-refractivity contribution >= 4 is 34.9 Å². The minimum Gasteiger partial charge on any atom is -0.384 e. The lowest BCUT2D eigenvalue weighted by Gasteiger charge is -2.19. The van der Waals surface area contributed by atoms with Crippen LogP contribution in [0.25, 0.3) is 0 Å². The molecule has 104 valence electrons. The minimum absolute atomic E-state index is 0.0529. The van der Waals surface area contributed by atoms with Crippen molar-refractivity contribution < 1.29 is 0 Å². The molecule has 1 heterocycles. The van der Waals surface area contributed by atoms with Gasteiger partial charge in [-0.3, -0.25) is 5.41 Å². The molecule has 0 bridgehead atoms. The van der Waals surface area contributed by atoms with Gasteiger partial charge in [0, 0.05) is 25.4 Å². The van der Waals surface area contributed by atoms with E-state index in [1.165, 1.54) is 0 Å². The molecule has 1 aromatic heterocycles. The molecule has 20 heavy (non-hydrogen) atoms. The third kappa shape index (κ3) is 3.40. The summed E-state index contributed by atoms with van der Waals surface area (Å²) in [7, 11) is 1.89. The Kier molecular flexibility index (Phi) is 4.47. The molecular weight excluding hydrogens is 295 g/mol. The number of aromatic nitrogens is 1. The van der Waals surface area contributed by atoms with Gasteiger partial charge in [0.05, 0.1) is 10.0 Å². The van der Waals surface area contributed by atoms with Crippen LogP contribution in [0.5, 0.6) is 0 Å². The number of anilines is 1. The topological polar surface area (TPSA) is 66.0 Å². The second-order valence-corrected chi connectivity index (χ2v) is 5.27. The number of nitrogens with zero attached hydrogens (tertiary/aromatic N) is 2. The molecule has 0 radical (unpaired) electrons. The van der Waals surface area contributed by atoms with Gasteiger partial charge in [-0.1, -0.05) is 41.4 Å². The monoisotopic (exact) mass is 308 g/mol. The van der Waals surface area contributed by atoms with E-state index in [4.69, 9.17) is 34.3 Å². The molecule has 2 rings (SSSR count). The zero-order valence-electron chi connectivity index (χ0n) is 10.9. The number of rotatable bonds is 4. The van der Waals surface area contributed by atoms with Gasteiger partial charge in [0.2, 0.25) is 0 Å². The lowest BCUT2D eigenvalue weighted by atomic mass is 10.1. The van der Waals surface area contributed by atoms with E-state index in [1.54, 1.807) is 18.3 Å². The van der Waals surface area contributed by atoms with Crippen LogP contribution in [-0.2, 0) is 6.54 Å². The van der Waals surface area contributed by atoms with E-state index in [9.17, 15) is 0 Å². The lowest BCUT2D eigenvalue weighted by Crippen LogP contribution is -2.19. The Morgan fingerprint density at radius 2 is 2.10 bits per heavy atom. The summed E-state index contributed by atoms with van der Waals surface area (Å²) in [4.78, 5) is 6.14. The fraction of sp³-hybridized carbons (Fsp3) is 0.143. The molecule has 2 aromatic rings. The average Bonchev–Trinajstić information content (AvgIpc) is 2.38. The molecule has 0 fully saturated rings. The van der Waals surface area contributed by atoms with Crippen LogP contribution in [0.15, 0.2) is 36.5 Å². The Morgan fingerprint density at radius 1 is 1.35 bits per heavy atom. The summed E-state index contributed by atoms with van der Waals surface area (Å²) in [5.41, 5.74) is 7.21. The molecule has 0 spiro atoms. The second-order valence-electron chi connectivity index (χ2n) is 4.43. The number of nitrogens with two attached hydrogens (primary N) is 1. The zero-order chi connectivity index (χ0) is 14.7. The van der Waals surface area contributed by atoms with Crippen molar-refractivity contribution in [2.24, 2.45) is 5.73 Å². The third-order valence-electron chi connectivity index (χ3n) is 2.81. The highest BCUT2D eigenvalue weighted by atomic mass is 35.5. The van der Waals surface area contributed by atoms with E-state index in [1.807, 2.05) is 30.1 Å². The van der Waals surface area contributed by atoms with E-state index in [0.717, 1.165) is 5.56 Å². The number of hydrogen-bond donors (Lipinski definition) is 2. The SMILES string of the molecule is CN(Cc1cccc(C(=N)N)c1)c1ncc(Cl)cc1Cl. The minimum atomic E-state index is 0.0529. The number of pyridine rings is 1. The fourth-order valence-electron chi connectivity index (χ4n) is 1.87. The maximum Gasteiger partial charge on any atom is 0.147 e. The van der Waals surface area contributed by atoms with Gasteiger partial charge in [0.25, 0.3) is 0 Å². The normalized spacial score (nSPS) is 10.3. The van der Waals surface area contributed by atoms with E-state index in [0.29, 0.717) is 28.0 Å². The molecule has 0 amide bonds. The number of nitrogens with one attached hydrogen (secondary N) is 1. The van der Waals surface area contributed by atoms with Crippen LogP contribution < -0.4 is 10.6 Å². The van der Waals surface area contributed by atoms with Crippen LogP contribution >= 0.6 is 23.2 Å². The molecule has 0 aliphatic rings. The van der Waals surface area contributed by atoms with Crippen molar-refractivity contribution in [2.75, 3.05) is 11.9 Å². The van der Waals surface area contributed by atoms with Gasteiger partial charge in [-0.25, -0.2) is 4.98 Å². The number of hydrogen-bond acceptors (Lipinski definition) is 3. The van der Waals surface area contributed by atoms with Crippen molar-refractivity contribution in [2.45, 2.75) is 6.54 Å². The number of nitrogen functional groups attached to an aromatic ring is 1. The Hall–Kier alpha value is -1.78. The van der Waals surface area contributed by atoms with Gasteiger partial charge in [-0.15, -0.1) is 0 Å².